The van der Waals surface area contributed by atoms with Gasteiger partial charge in [0.2, 0.25) is 0 Å². The van der Waals surface area contributed by atoms with E-state index in [-0.39, 0.29) is 25.8 Å². The molecule has 20 heavy (non-hydrogen) atoms. The number of ether oxygens (including phenoxy) is 1. The number of hydrogen-bond donors (Lipinski definition) is 2. The van der Waals surface area contributed by atoms with Crippen molar-refractivity contribution in [3.05, 3.63) is 0 Å². The Balaban J connectivity index is 1.91. The normalized spacial score (nSPS) is 27.4. The lowest BCUT2D eigenvalue weighted by atomic mass is 9.95. The van der Waals surface area contributed by atoms with E-state index in [0.717, 1.165) is 12.8 Å². The van der Waals surface area contributed by atoms with Crippen molar-refractivity contribution in [3.8, 4) is 0 Å². The third-order valence-corrected chi connectivity index (χ3v) is 3.94. The number of aliphatic hydroxyl groups is 1. The van der Waals surface area contributed by atoms with E-state index in [1.807, 2.05) is 0 Å². The molecule has 2 heterocycles. The summed E-state index contributed by atoms with van der Waals surface area (Å²) in [6, 6.07) is -0.109. The van der Waals surface area contributed by atoms with E-state index in [0.29, 0.717) is 32.0 Å². The van der Waals surface area contributed by atoms with Crippen molar-refractivity contribution in [2.75, 3.05) is 39.4 Å². The van der Waals surface area contributed by atoms with Crippen molar-refractivity contribution in [1.29, 1.82) is 0 Å². The fourth-order valence-corrected chi connectivity index (χ4v) is 2.83. The van der Waals surface area contributed by atoms with E-state index in [1.165, 1.54) is 0 Å². The first kappa shape index (κ1) is 15.1. The number of carbonyl (C=O) groups excluding carboxylic acids is 1. The van der Waals surface area contributed by atoms with Crippen molar-refractivity contribution in [2.24, 2.45) is 5.92 Å². The zero-order valence-corrected chi connectivity index (χ0v) is 11.5. The van der Waals surface area contributed by atoms with Crippen LogP contribution in [0.5, 0.6) is 0 Å². The van der Waals surface area contributed by atoms with Crippen molar-refractivity contribution in [2.45, 2.75) is 25.4 Å². The second kappa shape index (κ2) is 6.90. The number of aliphatic hydroxyl groups excluding tert-OH is 1. The van der Waals surface area contributed by atoms with Crippen LogP contribution in [0.25, 0.3) is 0 Å². The molecule has 0 aromatic heterocycles. The van der Waals surface area contributed by atoms with E-state index in [1.54, 1.807) is 9.80 Å². The van der Waals surface area contributed by atoms with Gasteiger partial charge in [-0.3, -0.25) is 0 Å². The number of carboxylic acid groups (broad SMARTS) is 1. The zero-order chi connectivity index (χ0) is 14.5. The maximum Gasteiger partial charge on any atom is 0.334 e. The van der Waals surface area contributed by atoms with Crippen LogP contribution in [-0.2, 0) is 9.53 Å². The molecule has 7 nitrogen and oxygen atoms in total. The smallest absolute Gasteiger partial charge is 0.334 e. The van der Waals surface area contributed by atoms with Crippen LogP contribution in [0.2, 0.25) is 0 Å². The van der Waals surface area contributed by atoms with Crippen molar-refractivity contribution in [1.82, 2.24) is 9.80 Å². The van der Waals surface area contributed by atoms with Gasteiger partial charge in [0.25, 0.3) is 0 Å². The van der Waals surface area contributed by atoms with Crippen LogP contribution in [0.3, 0.4) is 0 Å². The highest BCUT2D eigenvalue weighted by molar-refractivity contribution is 5.77. The predicted octanol–water partition coefficient (Wildman–Crippen LogP) is -0.0138. The Hall–Kier alpha value is -1.34. The summed E-state index contributed by atoms with van der Waals surface area (Å²) in [5.41, 5.74) is 0. The van der Waals surface area contributed by atoms with Crippen molar-refractivity contribution < 1.29 is 24.5 Å². The first-order chi connectivity index (χ1) is 9.61. The Morgan fingerprint density at radius 2 is 1.95 bits per heavy atom. The quantitative estimate of drug-likeness (QED) is 0.761. The Labute approximate surface area is 118 Å². The summed E-state index contributed by atoms with van der Waals surface area (Å²) in [7, 11) is 0. The molecule has 0 saturated carbocycles. The van der Waals surface area contributed by atoms with Gasteiger partial charge in [-0.1, -0.05) is 0 Å². The monoisotopic (exact) mass is 286 g/mol. The standard InChI is InChI=1S/C13H22N2O5/c16-6-3-10-2-1-4-14(8-10)13(19)15-5-7-20-11(9-15)12(17)18/h10-11,16H,1-9H2,(H,17,18). The van der Waals surface area contributed by atoms with Gasteiger partial charge in [0, 0.05) is 26.2 Å². The summed E-state index contributed by atoms with van der Waals surface area (Å²) in [6.07, 6.45) is 1.75. The lowest BCUT2D eigenvalue weighted by Gasteiger charge is -2.38. The number of carboxylic acids is 1. The summed E-state index contributed by atoms with van der Waals surface area (Å²) in [6.45, 7) is 2.30. The number of morpholine rings is 1. The van der Waals surface area contributed by atoms with Crippen molar-refractivity contribution in [3.63, 3.8) is 0 Å². The number of urea groups is 1. The lowest BCUT2D eigenvalue weighted by Crippen LogP contribution is -2.54. The summed E-state index contributed by atoms with van der Waals surface area (Å²) >= 11 is 0. The SMILES string of the molecule is O=C(O)C1CN(C(=O)N2CCCC(CCO)C2)CCO1. The Morgan fingerprint density at radius 1 is 1.20 bits per heavy atom. The van der Waals surface area contributed by atoms with Crippen LogP contribution in [0, 0.1) is 5.92 Å². The lowest BCUT2D eigenvalue weighted by molar-refractivity contribution is -0.154. The van der Waals surface area contributed by atoms with Crippen molar-refractivity contribution >= 4 is 12.0 Å². The second-order valence-electron chi connectivity index (χ2n) is 5.39. The van der Waals surface area contributed by atoms with Gasteiger partial charge in [0.15, 0.2) is 6.10 Å². The molecule has 2 N–H and O–H groups in total. The molecule has 7 heteroatoms. The number of aliphatic carboxylic acids is 1. The number of rotatable bonds is 3. The third-order valence-electron chi connectivity index (χ3n) is 3.94. The number of hydrogen-bond acceptors (Lipinski definition) is 4. The predicted molar refractivity (Wildman–Crippen MR) is 70.3 cm³/mol. The maximum absolute atomic E-state index is 12.4. The molecular weight excluding hydrogens is 264 g/mol. The molecule has 114 valence electrons. The van der Waals surface area contributed by atoms with Gasteiger partial charge in [-0.05, 0) is 25.2 Å². The Kier molecular flexibility index (Phi) is 5.19. The fraction of sp³-hybridized carbons (Fsp3) is 0.846. The van der Waals surface area contributed by atoms with Gasteiger partial charge in [-0.15, -0.1) is 0 Å². The van der Waals surface area contributed by atoms with Crippen LogP contribution in [0.4, 0.5) is 4.79 Å². The average Bonchev–Trinajstić information content (AvgIpc) is 2.47. The van der Waals surface area contributed by atoms with Gasteiger partial charge >= 0.3 is 12.0 Å². The highest BCUT2D eigenvalue weighted by atomic mass is 16.5. The molecule has 0 bridgehead atoms. The number of likely N-dealkylation sites (tertiary alicyclic amines) is 1. The van der Waals surface area contributed by atoms with Crippen LogP contribution in [-0.4, -0.2) is 77.5 Å². The first-order valence-corrected chi connectivity index (χ1v) is 7.11. The molecule has 2 rings (SSSR count). The molecule has 0 aromatic carbocycles. The molecule has 2 atom stereocenters. The molecule has 0 radical (unpaired) electrons. The van der Waals surface area contributed by atoms with E-state index >= 15 is 0 Å². The average molecular weight is 286 g/mol. The second-order valence-corrected chi connectivity index (χ2v) is 5.39. The first-order valence-electron chi connectivity index (χ1n) is 7.11. The summed E-state index contributed by atoms with van der Waals surface area (Å²) in [5, 5.41) is 17.9. The minimum atomic E-state index is -1.03. The van der Waals surface area contributed by atoms with Crippen LogP contribution >= 0.6 is 0 Å². The van der Waals surface area contributed by atoms with Crippen LogP contribution in [0.15, 0.2) is 0 Å². The van der Waals surface area contributed by atoms with E-state index in [9.17, 15) is 9.59 Å². The largest absolute Gasteiger partial charge is 0.479 e. The third kappa shape index (κ3) is 3.61. The molecule has 0 aliphatic carbocycles. The van der Waals surface area contributed by atoms with Gasteiger partial charge in [0.1, 0.15) is 0 Å². The molecule has 2 fully saturated rings. The highest BCUT2D eigenvalue weighted by Gasteiger charge is 2.32. The van der Waals surface area contributed by atoms with Gasteiger partial charge in [0.05, 0.1) is 13.2 Å². The Morgan fingerprint density at radius 3 is 2.65 bits per heavy atom. The van der Waals surface area contributed by atoms with Crippen LogP contribution in [0.1, 0.15) is 19.3 Å². The molecular formula is C13H22N2O5. The molecule has 2 amide bonds. The minimum absolute atomic E-state index is 0.106. The van der Waals surface area contributed by atoms with Gasteiger partial charge in [-0.2, -0.15) is 0 Å². The molecule has 0 aromatic rings. The summed E-state index contributed by atoms with van der Waals surface area (Å²) in [4.78, 5) is 26.7. The fourth-order valence-electron chi connectivity index (χ4n) is 2.83. The molecule has 2 aliphatic heterocycles. The summed E-state index contributed by atoms with van der Waals surface area (Å²) in [5.74, 6) is -0.687. The number of nitrogens with zero attached hydrogens (tertiary/aromatic N) is 2. The van der Waals surface area contributed by atoms with E-state index < -0.39 is 12.1 Å². The van der Waals surface area contributed by atoms with Gasteiger partial charge in [-0.25, -0.2) is 9.59 Å². The van der Waals surface area contributed by atoms with Crippen LogP contribution < -0.4 is 0 Å². The maximum atomic E-state index is 12.4. The molecule has 0 spiro atoms. The number of amides is 2. The highest BCUT2D eigenvalue weighted by Crippen LogP contribution is 2.21. The number of carbonyl (C=O) groups is 2. The topological polar surface area (TPSA) is 90.3 Å². The number of piperidine rings is 1. The minimum Gasteiger partial charge on any atom is -0.479 e. The molecule has 2 saturated heterocycles. The van der Waals surface area contributed by atoms with E-state index in [4.69, 9.17) is 14.9 Å². The molecule has 2 unspecified atom stereocenters. The zero-order valence-electron chi connectivity index (χ0n) is 11.5. The molecule has 2 aliphatic rings. The van der Waals surface area contributed by atoms with E-state index in [2.05, 4.69) is 0 Å². The van der Waals surface area contributed by atoms with Gasteiger partial charge < -0.3 is 24.7 Å². The Bertz CT molecular complexity index is 361. The summed E-state index contributed by atoms with van der Waals surface area (Å²) < 4.78 is 5.12.